The third kappa shape index (κ3) is 6.09. The molecule has 5 rings (SSSR count). The van der Waals surface area contributed by atoms with Gasteiger partial charge in [-0.1, -0.05) is 67.1 Å². The molecule has 4 aromatic carbocycles. The molecule has 11 heteroatoms. The van der Waals surface area contributed by atoms with Crippen LogP contribution in [0, 0.1) is 5.92 Å². The van der Waals surface area contributed by atoms with E-state index in [1.807, 2.05) is 43.3 Å². The molecule has 3 atom stereocenters. The van der Waals surface area contributed by atoms with E-state index < -0.39 is 47.9 Å². The summed E-state index contributed by atoms with van der Waals surface area (Å²) >= 11 is 0. The number of nitrogens with one attached hydrogen (secondary N) is 2. The predicted molar refractivity (Wildman–Crippen MR) is 154 cm³/mol. The average Bonchev–Trinajstić information content (AvgIpc) is 3.44. The quantitative estimate of drug-likeness (QED) is 0.127. The van der Waals surface area contributed by atoms with Crippen LogP contribution in [0.2, 0.25) is 0 Å². The Morgan fingerprint density at radius 2 is 1.24 bits per heavy atom. The summed E-state index contributed by atoms with van der Waals surface area (Å²) in [6.45, 7) is 1.89. The molecular weight excluding hydrogens is 577 g/mol. The largest absolute Gasteiger partial charge is 0.416 e. The highest BCUT2D eigenvalue weighted by atomic mass is 31.1. The normalized spacial score (nSPS) is 18.4. The van der Waals surface area contributed by atoms with Gasteiger partial charge in [0.15, 0.2) is 0 Å². The minimum Gasteiger partial charge on any atom is -0.377 e. The Morgan fingerprint density at radius 1 is 0.738 bits per heavy atom. The zero-order chi connectivity index (χ0) is 30.2. The van der Waals surface area contributed by atoms with Crippen LogP contribution in [-0.2, 0) is 12.4 Å². The van der Waals surface area contributed by atoms with E-state index in [1.54, 1.807) is 0 Å². The maximum atomic E-state index is 13.3. The first kappa shape index (κ1) is 29.8. The van der Waals surface area contributed by atoms with Crippen molar-refractivity contribution in [3.8, 4) is 0 Å². The van der Waals surface area contributed by atoms with Gasteiger partial charge in [0.1, 0.15) is 11.4 Å². The molecular formula is C31H27F6N2O2P. The van der Waals surface area contributed by atoms with Gasteiger partial charge < -0.3 is 10.6 Å². The Kier molecular flexibility index (Phi) is 8.21. The van der Waals surface area contributed by atoms with E-state index in [4.69, 9.17) is 0 Å². The highest BCUT2D eigenvalue weighted by Gasteiger charge is 2.40. The first-order chi connectivity index (χ1) is 19.8. The van der Waals surface area contributed by atoms with E-state index in [1.165, 1.54) is 10.6 Å². The van der Waals surface area contributed by atoms with Crippen molar-refractivity contribution < 1.29 is 26.3 Å². The number of rotatable bonds is 8. The van der Waals surface area contributed by atoms with E-state index in [-0.39, 0.29) is 35.1 Å². The molecule has 220 valence electrons. The summed E-state index contributed by atoms with van der Waals surface area (Å²) in [4.78, 5) is 25.0. The van der Waals surface area contributed by atoms with Gasteiger partial charge in [0.05, 0.1) is 11.1 Å². The van der Waals surface area contributed by atoms with Crippen LogP contribution in [0.4, 0.5) is 43.4 Å². The fraction of sp³-hybridized carbons (Fsp3) is 0.290. The lowest BCUT2D eigenvalue weighted by Gasteiger charge is -2.34. The lowest BCUT2D eigenvalue weighted by atomic mass is 9.98. The summed E-state index contributed by atoms with van der Waals surface area (Å²) in [6, 6.07) is 21.0. The van der Waals surface area contributed by atoms with Gasteiger partial charge in [0.2, 0.25) is 0 Å². The molecule has 0 bridgehead atoms. The number of anilines is 3. The molecule has 4 aromatic rings. The summed E-state index contributed by atoms with van der Waals surface area (Å²) in [5, 5.41) is 7.89. The lowest BCUT2D eigenvalue weighted by Crippen LogP contribution is -2.41. The fourth-order valence-corrected chi connectivity index (χ4v) is 9.02. The van der Waals surface area contributed by atoms with Gasteiger partial charge in [0, 0.05) is 11.7 Å². The molecule has 1 fully saturated rings. The molecule has 2 N–H and O–H groups in total. The molecule has 0 amide bonds. The van der Waals surface area contributed by atoms with E-state index in [0.29, 0.717) is 12.1 Å². The molecule has 42 heavy (non-hydrogen) atoms. The summed E-state index contributed by atoms with van der Waals surface area (Å²) < 4.78 is 80.0. The SMILES string of the molecule is C[C@@H](Nc1c(Nc2cc(C(F)(F)F)cc(C(F)(F)F)c2)c(=O)c1=O)[C@@H]1CCCC1P(c1ccccc1)c1ccccc1. The van der Waals surface area contributed by atoms with Crippen molar-refractivity contribution in [3.05, 3.63) is 110 Å². The van der Waals surface area contributed by atoms with E-state index in [0.717, 1.165) is 19.3 Å². The molecule has 1 aliphatic carbocycles. The zero-order valence-corrected chi connectivity index (χ0v) is 23.3. The summed E-state index contributed by atoms with van der Waals surface area (Å²) in [7, 11) is -0.772. The molecule has 1 unspecified atom stereocenters. The van der Waals surface area contributed by atoms with Gasteiger partial charge in [-0.15, -0.1) is 0 Å². The topological polar surface area (TPSA) is 58.2 Å². The molecule has 0 saturated heterocycles. The standard InChI is InChI=1S/C31H27F6N2O2P/c1-18(24-13-8-14-25(24)42(22-9-4-2-5-10-22)23-11-6-3-7-12-23)38-26-27(29(41)28(26)40)39-21-16-19(30(32,33)34)15-20(17-21)31(35,36)37/h2-7,9-12,15-18,24-25,38-39H,8,13-14H2,1H3/t18-,24+,25?/m1/s1. The van der Waals surface area contributed by atoms with Crippen LogP contribution in [-0.4, -0.2) is 11.7 Å². The average molecular weight is 605 g/mol. The van der Waals surface area contributed by atoms with Gasteiger partial charge in [0.25, 0.3) is 10.9 Å². The Bertz CT molecular complexity index is 1540. The summed E-state index contributed by atoms with van der Waals surface area (Å²) in [6.07, 6.45) is -7.32. The van der Waals surface area contributed by atoms with Gasteiger partial charge in [-0.2, -0.15) is 26.3 Å². The molecule has 0 aromatic heterocycles. The third-order valence-electron chi connectivity index (χ3n) is 7.71. The predicted octanol–water partition coefficient (Wildman–Crippen LogP) is 7.17. The van der Waals surface area contributed by atoms with Gasteiger partial charge >= 0.3 is 12.4 Å². The number of hydrogen-bond donors (Lipinski definition) is 2. The molecule has 0 spiro atoms. The number of alkyl halides is 6. The molecule has 1 saturated carbocycles. The van der Waals surface area contributed by atoms with Gasteiger partial charge in [-0.25, -0.2) is 0 Å². The minimum atomic E-state index is -5.05. The highest BCUT2D eigenvalue weighted by Crippen LogP contribution is 2.51. The van der Waals surface area contributed by atoms with Crippen LogP contribution in [0.3, 0.4) is 0 Å². The molecule has 0 radical (unpaired) electrons. The van der Waals surface area contributed by atoms with Crippen LogP contribution in [0.25, 0.3) is 0 Å². The van der Waals surface area contributed by atoms with Crippen LogP contribution in [0.1, 0.15) is 37.3 Å². The Balaban J connectivity index is 1.42. The van der Waals surface area contributed by atoms with Crippen molar-refractivity contribution >= 4 is 35.6 Å². The molecule has 1 aliphatic rings. The summed E-state index contributed by atoms with van der Waals surface area (Å²) in [5.74, 6) is 0.0964. The van der Waals surface area contributed by atoms with Crippen LogP contribution >= 0.6 is 7.92 Å². The highest BCUT2D eigenvalue weighted by molar-refractivity contribution is 7.73. The van der Waals surface area contributed by atoms with E-state index >= 15 is 0 Å². The Morgan fingerprint density at radius 3 is 1.74 bits per heavy atom. The van der Waals surface area contributed by atoms with E-state index in [2.05, 4.69) is 34.9 Å². The van der Waals surface area contributed by atoms with E-state index in [9.17, 15) is 35.9 Å². The number of hydrogen-bond acceptors (Lipinski definition) is 4. The van der Waals surface area contributed by atoms with Gasteiger partial charge in [-0.3, -0.25) is 9.59 Å². The molecule has 4 nitrogen and oxygen atoms in total. The monoisotopic (exact) mass is 604 g/mol. The lowest BCUT2D eigenvalue weighted by molar-refractivity contribution is -0.143. The number of benzene rings is 3. The second kappa shape index (κ2) is 11.6. The smallest absolute Gasteiger partial charge is 0.377 e. The molecule has 0 heterocycles. The third-order valence-corrected chi connectivity index (χ3v) is 10.7. The summed E-state index contributed by atoms with van der Waals surface area (Å²) in [5.41, 5.74) is -5.74. The second-order valence-corrected chi connectivity index (χ2v) is 12.9. The first-order valence-electron chi connectivity index (χ1n) is 13.4. The Hall–Kier alpha value is -3.65. The second-order valence-electron chi connectivity index (χ2n) is 10.5. The maximum Gasteiger partial charge on any atom is 0.416 e. The van der Waals surface area contributed by atoms with Crippen molar-refractivity contribution in [3.63, 3.8) is 0 Å². The Labute approximate surface area is 239 Å². The maximum absolute atomic E-state index is 13.3. The van der Waals surface area contributed by atoms with Crippen molar-refractivity contribution in [2.24, 2.45) is 5.92 Å². The van der Waals surface area contributed by atoms with Crippen molar-refractivity contribution in [2.45, 2.75) is 50.2 Å². The van der Waals surface area contributed by atoms with Gasteiger partial charge in [-0.05, 0) is 68.1 Å². The van der Waals surface area contributed by atoms with Crippen LogP contribution in [0.15, 0.2) is 88.5 Å². The van der Waals surface area contributed by atoms with Crippen LogP contribution < -0.4 is 32.1 Å². The minimum absolute atomic E-state index is 0.00643. The number of halogens is 6. The van der Waals surface area contributed by atoms with Crippen molar-refractivity contribution in [1.82, 2.24) is 0 Å². The van der Waals surface area contributed by atoms with Crippen LogP contribution in [0.5, 0.6) is 0 Å². The van der Waals surface area contributed by atoms with Crippen molar-refractivity contribution in [1.29, 1.82) is 0 Å². The first-order valence-corrected chi connectivity index (χ1v) is 14.8. The zero-order valence-electron chi connectivity index (χ0n) is 22.4. The molecule has 0 aliphatic heterocycles. The van der Waals surface area contributed by atoms with Crippen molar-refractivity contribution in [2.75, 3.05) is 10.6 Å². The fourth-order valence-electron chi connectivity index (χ4n) is 5.74.